The van der Waals surface area contributed by atoms with Crippen molar-refractivity contribution < 1.29 is 90.7 Å². The average molecular weight is 1920 g/mol. The molecule has 6 aromatic rings. The van der Waals surface area contributed by atoms with Crippen molar-refractivity contribution in [2.75, 3.05) is 142 Å². The molecule has 8 aliphatic rings. The Kier molecular flexibility index (Phi) is 39.6. The zero-order valence-corrected chi connectivity index (χ0v) is 80.5. The minimum atomic E-state index is -1.40. The highest BCUT2D eigenvalue weighted by Gasteiger charge is 2.48. The summed E-state index contributed by atoms with van der Waals surface area (Å²) in [4.78, 5) is 104. The van der Waals surface area contributed by atoms with E-state index in [1.165, 1.54) is 65.7 Å². The second-order valence-electron chi connectivity index (χ2n) is 32.4. The molecule has 9 atom stereocenters. The van der Waals surface area contributed by atoms with Crippen LogP contribution < -0.4 is 59.2 Å². The predicted octanol–water partition coefficient (Wildman–Crippen LogP) is 17.7. The lowest BCUT2D eigenvalue weighted by atomic mass is 10.0. The summed E-state index contributed by atoms with van der Waals surface area (Å²) in [6.07, 6.45) is 12.6. The van der Waals surface area contributed by atoms with Crippen molar-refractivity contribution in [1.29, 1.82) is 0 Å². The van der Waals surface area contributed by atoms with Crippen molar-refractivity contribution in [2.24, 2.45) is 4.99 Å². The number of unbranched alkanes of at least 4 members (excludes halogenated alkanes) is 4. The lowest BCUT2D eigenvalue weighted by Gasteiger charge is -2.31. The summed E-state index contributed by atoms with van der Waals surface area (Å²) < 4.78 is 70.6. The molecule has 36 heteroatoms. The lowest BCUT2D eigenvalue weighted by molar-refractivity contribution is 0.0340. The highest BCUT2D eigenvalue weighted by Crippen LogP contribution is 2.46. The Balaban J connectivity index is 0.000000235. The number of alkyl halides is 2. The van der Waals surface area contributed by atoms with E-state index in [2.05, 4.69) is 65.8 Å². The number of nitrogens with one attached hydrogen (secondary N) is 2. The van der Waals surface area contributed by atoms with Crippen molar-refractivity contribution in [3.63, 3.8) is 0 Å². The quantitative estimate of drug-likeness (QED) is 0.00925. The molecular weight excluding hydrogens is 1800 g/mol. The van der Waals surface area contributed by atoms with Crippen molar-refractivity contribution >= 4 is 131 Å². The Bertz CT molecular complexity index is 4960. The number of anilines is 3. The fourth-order valence-electron chi connectivity index (χ4n) is 16.3. The molecule has 0 radical (unpaired) electrons. The van der Waals surface area contributed by atoms with Crippen molar-refractivity contribution in [2.45, 2.75) is 181 Å². The molecule has 4 aromatic carbocycles. The molecule has 30 nitrogen and oxygen atoms in total. The maximum absolute atomic E-state index is 14.4. The van der Waals surface area contributed by atoms with Gasteiger partial charge in [-0.05, 0) is 187 Å². The van der Waals surface area contributed by atoms with Crippen LogP contribution in [-0.2, 0) is 18.9 Å². The van der Waals surface area contributed by atoms with Gasteiger partial charge in [0.2, 0.25) is 0 Å². The van der Waals surface area contributed by atoms with Gasteiger partial charge < -0.3 is 92.6 Å². The van der Waals surface area contributed by atoms with E-state index in [0.29, 0.717) is 173 Å². The van der Waals surface area contributed by atoms with E-state index in [0.717, 1.165) is 95.3 Å². The van der Waals surface area contributed by atoms with Gasteiger partial charge in [0, 0.05) is 98.5 Å². The third kappa shape index (κ3) is 27.5. The number of nitrogens with two attached hydrogens (primary N) is 1. The molecule has 14 rings (SSSR count). The Hall–Kier alpha value is -9.75. The molecule has 6 fully saturated rings. The number of carbonyl (C=O) groups is 6. The summed E-state index contributed by atoms with van der Waals surface area (Å²) in [7, 11) is 12.1. The van der Waals surface area contributed by atoms with Gasteiger partial charge in [-0.1, -0.05) is 96.2 Å². The van der Waals surface area contributed by atoms with Crippen LogP contribution in [0.5, 0.6) is 46.0 Å². The SMILES string of the molecule is C=C1C[C@@H](C2CCCO2)N(C(=O)c2cc(OC)c(OCCCCCOc3cc(NC(=O)OCC(C)SSc4ccccn4)c(C(=O)N4CC(=C)C[C@H]4C4CCCO4)cc3OC)cc2N)C1.C=C1C[C@H]2C=Nc3cc(OCCCCCOc4cc5c(cc4OC)C(=O)N4CC(=C)C[C@H]4[C@H](O)N5C(=O)OCC(C)SSc4ccccn4)c(OC)cc3C(=O)N2C1.CCNCC.ClCCl. The van der Waals surface area contributed by atoms with Crippen LogP contribution in [0, 0.1) is 0 Å². The fraction of sp³-hybridized carbons (Fsp3) is 0.484. The molecule has 0 saturated carbocycles. The monoisotopic (exact) mass is 1920 g/mol. The number of nitrogens with zero attached hydrogens (tertiary/aromatic N) is 8. The number of likely N-dealkylation sites (tertiary alicyclic amines) is 2. The van der Waals surface area contributed by atoms with Crippen LogP contribution in [0.1, 0.15) is 159 Å². The van der Waals surface area contributed by atoms with Crippen molar-refractivity contribution in [3.8, 4) is 46.0 Å². The van der Waals surface area contributed by atoms with Crippen LogP contribution in [0.25, 0.3) is 0 Å². The Labute approximate surface area is 793 Å². The first-order valence-corrected chi connectivity index (χ1v) is 49.6. The second-order valence-corrected chi connectivity index (χ2v) is 38.5. The summed E-state index contributed by atoms with van der Waals surface area (Å²) in [5.41, 5.74) is 12.7. The number of aliphatic hydroxyl groups is 1. The summed E-state index contributed by atoms with van der Waals surface area (Å²) in [5.74, 6) is 2.26. The predicted molar refractivity (Wildman–Crippen MR) is 516 cm³/mol. The first-order valence-electron chi connectivity index (χ1n) is 44.1. The topological polar surface area (TPSA) is 338 Å². The van der Waals surface area contributed by atoms with Gasteiger partial charge in [0.25, 0.3) is 23.6 Å². The minimum Gasteiger partial charge on any atom is -0.493 e. The molecule has 0 spiro atoms. The van der Waals surface area contributed by atoms with Gasteiger partial charge in [0.15, 0.2) is 52.2 Å². The minimum absolute atomic E-state index is 0.00315. The number of aromatic nitrogens is 2. The standard InChI is InChI=1S/C48H61N5O10S2.C42H47N5O9S2.C4H11N.CH2Cl2/c1-30-21-37(39-13-11-19-59-39)52(27-30)46(54)33-23-41(57-4)43(25-35(33)49)61-17-9-6-10-18-62-44-26-36(51-48(56)63-29-32(3)64-65-45-15-7-8-16-50-45)34(24-42(44)58-5)47(55)53-28-31(2)22-38(53)40-14-12-20-60-40;1-25-15-28-21-44-31-19-36(34(52-4)17-29(31)39(48)45(28)22-25)54-13-9-6-10-14-55-37-20-32-30(18-35(37)53-5)40(49)46-23-26(2)16-33(46)41(50)47(32)42(51)56-24-27(3)57-58-38-11-7-8-12-43-38;1-3-5-4-2;2-1-3/h7-8,15-16,23-26,32,37-40H,1-2,6,9-14,17-22,27-29,49H2,3-5H3,(H,51,56);7-8,11-12,17-21,27-28,33,41,50H,1-2,6,9-10,13-16,22-24H2,3-5H3;5H,3-4H2,1-2H3;1H2/t32?,37-,38-,39?,40?;27?,28-,33-,41-;;/m00../s1. The number of aliphatic hydroxyl groups excluding tert-OH is 1. The molecule has 6 saturated heterocycles. The zero-order valence-electron chi connectivity index (χ0n) is 75.7. The molecule has 2 aromatic heterocycles. The number of pyridine rings is 2. The maximum atomic E-state index is 14.4. The highest BCUT2D eigenvalue weighted by atomic mass is 35.5. The molecule has 0 bridgehead atoms. The third-order valence-electron chi connectivity index (χ3n) is 22.7. The number of hydrogen-bond donors (Lipinski definition) is 4. The van der Waals surface area contributed by atoms with E-state index in [9.17, 15) is 33.9 Å². The molecule has 0 aliphatic carbocycles. The van der Waals surface area contributed by atoms with Crippen molar-refractivity contribution in [3.05, 3.63) is 168 Å². The average Bonchev–Trinajstić information content (AvgIpc) is 1.61. The molecule has 8 aliphatic heterocycles. The van der Waals surface area contributed by atoms with Gasteiger partial charge in [-0.15, -0.1) is 23.2 Å². The summed E-state index contributed by atoms with van der Waals surface area (Å²) >= 11 is 9.53. The van der Waals surface area contributed by atoms with E-state index < -0.39 is 24.5 Å². The van der Waals surface area contributed by atoms with Crippen LogP contribution in [0.15, 0.2) is 161 Å². The normalized spacial score (nSPS) is 19.8. The van der Waals surface area contributed by atoms with Crippen LogP contribution in [0.3, 0.4) is 0 Å². The first-order chi connectivity index (χ1) is 63.4. The number of amides is 6. The molecule has 5 N–H and O–H groups in total. The number of fused-ring (bicyclic) bond motifs is 4. The van der Waals surface area contributed by atoms with Crippen LogP contribution >= 0.6 is 66.4 Å². The van der Waals surface area contributed by atoms with Crippen molar-refractivity contribution in [1.82, 2.24) is 34.9 Å². The number of methoxy groups -OCH3 is 4. The van der Waals surface area contributed by atoms with Gasteiger partial charge in [0.05, 0.1) is 136 Å². The summed E-state index contributed by atoms with van der Waals surface area (Å²) in [6.45, 7) is 31.3. The number of halogens is 2. The second kappa shape index (κ2) is 50.9. The van der Waals surface area contributed by atoms with Crippen LogP contribution in [0.4, 0.5) is 32.3 Å². The van der Waals surface area contributed by atoms with Gasteiger partial charge in [-0.2, -0.15) is 0 Å². The van der Waals surface area contributed by atoms with E-state index in [4.69, 9.17) is 85.8 Å². The van der Waals surface area contributed by atoms with Crippen LogP contribution in [-0.4, -0.2) is 256 Å². The fourth-order valence-corrected chi connectivity index (χ4v) is 20.0. The largest absolute Gasteiger partial charge is 0.493 e. The van der Waals surface area contributed by atoms with Gasteiger partial charge in [-0.25, -0.2) is 24.5 Å². The summed E-state index contributed by atoms with van der Waals surface area (Å²) in [5, 5.41) is 19.4. The lowest BCUT2D eigenvalue weighted by Crippen LogP contribution is -2.51. The third-order valence-corrected chi connectivity index (χ3v) is 28.2. The summed E-state index contributed by atoms with van der Waals surface area (Å²) in [6, 6.07) is 23.4. The van der Waals surface area contributed by atoms with Gasteiger partial charge in [-0.3, -0.25) is 29.5 Å². The van der Waals surface area contributed by atoms with Gasteiger partial charge in [0.1, 0.15) is 23.3 Å². The number of carbonyl (C=O) groups excluding carboxylic acids is 6. The number of benzene rings is 4. The molecule has 131 heavy (non-hydrogen) atoms. The maximum Gasteiger partial charge on any atom is 0.416 e. The number of nitrogen functional groups attached to an aromatic ring is 1. The van der Waals surface area contributed by atoms with E-state index in [1.54, 1.807) is 87.7 Å². The number of ether oxygens (including phenoxy) is 12. The van der Waals surface area contributed by atoms with E-state index in [1.807, 2.05) is 55.1 Å². The highest BCUT2D eigenvalue weighted by molar-refractivity contribution is 8.77. The van der Waals surface area contributed by atoms with Crippen LogP contribution in [0.2, 0.25) is 0 Å². The Morgan fingerprint density at radius 1 is 0.565 bits per heavy atom. The van der Waals surface area contributed by atoms with Gasteiger partial charge >= 0.3 is 12.2 Å². The van der Waals surface area contributed by atoms with E-state index >= 15 is 0 Å². The molecule has 4 unspecified atom stereocenters. The number of hydrogen-bond acceptors (Lipinski definition) is 28. The first kappa shape index (κ1) is 102. The number of rotatable bonds is 37. The Morgan fingerprint density at radius 3 is 1.53 bits per heavy atom. The molecule has 708 valence electrons. The smallest absolute Gasteiger partial charge is 0.416 e. The molecule has 6 amide bonds. The molecular formula is C95H121Cl2N11O19S4. The zero-order chi connectivity index (χ0) is 93.6. The Morgan fingerprint density at radius 2 is 1.02 bits per heavy atom. The number of aliphatic imine (C=N–C) groups is 1. The molecule has 10 heterocycles. The van der Waals surface area contributed by atoms with E-state index in [-0.39, 0.29) is 112 Å².